The molecule has 1 aromatic carbocycles. The molecule has 17 heavy (non-hydrogen) atoms. The van der Waals surface area contributed by atoms with E-state index in [1.807, 2.05) is 32.9 Å². The Bertz CT molecular complexity index is 413. The molecule has 0 spiro atoms. The van der Waals surface area contributed by atoms with Gasteiger partial charge in [-0.05, 0) is 83.6 Å². The lowest BCUT2D eigenvalue weighted by molar-refractivity contribution is 0.0523. The fourth-order valence-electron chi connectivity index (χ4n) is 1.14. The first kappa shape index (κ1) is 15.0. The van der Waals surface area contributed by atoms with E-state index in [0.717, 1.165) is 5.56 Å². The maximum absolute atomic E-state index is 11.4. The molecule has 0 bridgehead atoms. The van der Waals surface area contributed by atoms with Crippen molar-refractivity contribution in [3.63, 3.8) is 0 Å². The van der Waals surface area contributed by atoms with Gasteiger partial charge in [0, 0.05) is 13.7 Å². The van der Waals surface area contributed by atoms with E-state index in [1.165, 1.54) is 7.14 Å². The summed E-state index contributed by atoms with van der Waals surface area (Å²) in [4.78, 5) is 11.4. The molecule has 3 nitrogen and oxygen atoms in total. The summed E-state index contributed by atoms with van der Waals surface area (Å²) in [6, 6.07) is 6.09. The Balaban J connectivity index is 2.50. The topological polar surface area (TPSA) is 38.3 Å². The smallest absolute Gasteiger partial charge is 0.407 e. The lowest BCUT2D eigenvalue weighted by Gasteiger charge is -2.19. The van der Waals surface area contributed by atoms with Crippen LogP contribution in [0.3, 0.4) is 0 Å². The molecule has 0 saturated carbocycles. The van der Waals surface area contributed by atoms with Gasteiger partial charge >= 0.3 is 6.09 Å². The van der Waals surface area contributed by atoms with Crippen molar-refractivity contribution in [3.8, 4) is 0 Å². The van der Waals surface area contributed by atoms with Gasteiger partial charge in [-0.1, -0.05) is 6.07 Å². The van der Waals surface area contributed by atoms with Crippen LogP contribution in [-0.2, 0) is 11.3 Å². The van der Waals surface area contributed by atoms with Gasteiger partial charge in [0.15, 0.2) is 0 Å². The maximum Gasteiger partial charge on any atom is 0.407 e. The average molecular weight is 459 g/mol. The van der Waals surface area contributed by atoms with Gasteiger partial charge in [0.1, 0.15) is 5.60 Å². The fraction of sp³-hybridized carbons (Fsp3) is 0.417. The summed E-state index contributed by atoms with van der Waals surface area (Å²) in [6.07, 6.45) is -0.383. The molecule has 1 rings (SSSR count). The van der Waals surface area contributed by atoms with E-state index in [0.29, 0.717) is 6.54 Å². The molecule has 0 radical (unpaired) electrons. The van der Waals surface area contributed by atoms with Gasteiger partial charge in [0.25, 0.3) is 0 Å². The summed E-state index contributed by atoms with van der Waals surface area (Å²) in [7, 11) is 0. The first-order valence-corrected chi connectivity index (χ1v) is 7.34. The molecule has 0 unspecified atom stereocenters. The zero-order chi connectivity index (χ0) is 13.1. The third kappa shape index (κ3) is 5.89. The summed E-state index contributed by atoms with van der Waals surface area (Å²) < 4.78 is 7.56. The number of benzene rings is 1. The van der Waals surface area contributed by atoms with Crippen molar-refractivity contribution in [2.24, 2.45) is 0 Å². The van der Waals surface area contributed by atoms with E-state index in [1.54, 1.807) is 0 Å². The van der Waals surface area contributed by atoms with Crippen LogP contribution in [0.15, 0.2) is 18.2 Å². The van der Waals surface area contributed by atoms with Crippen LogP contribution in [0.25, 0.3) is 0 Å². The summed E-state index contributed by atoms with van der Waals surface area (Å²) in [5.41, 5.74) is 0.616. The highest BCUT2D eigenvalue weighted by atomic mass is 127. The Morgan fingerprint density at radius 3 is 2.47 bits per heavy atom. The van der Waals surface area contributed by atoms with E-state index in [-0.39, 0.29) is 6.09 Å². The minimum Gasteiger partial charge on any atom is -0.444 e. The van der Waals surface area contributed by atoms with Gasteiger partial charge in [-0.25, -0.2) is 4.79 Å². The van der Waals surface area contributed by atoms with Crippen molar-refractivity contribution in [1.82, 2.24) is 5.32 Å². The number of amides is 1. The van der Waals surface area contributed by atoms with Crippen LogP contribution in [0, 0.1) is 7.14 Å². The normalized spacial score (nSPS) is 11.1. The van der Waals surface area contributed by atoms with Crippen molar-refractivity contribution < 1.29 is 9.53 Å². The van der Waals surface area contributed by atoms with Gasteiger partial charge in [-0.3, -0.25) is 0 Å². The van der Waals surface area contributed by atoms with Gasteiger partial charge in [-0.2, -0.15) is 0 Å². The van der Waals surface area contributed by atoms with E-state index < -0.39 is 5.60 Å². The largest absolute Gasteiger partial charge is 0.444 e. The molecule has 1 N–H and O–H groups in total. The van der Waals surface area contributed by atoms with Crippen molar-refractivity contribution in [2.75, 3.05) is 0 Å². The molecule has 0 aromatic heterocycles. The third-order valence-electron chi connectivity index (χ3n) is 1.82. The number of halogens is 2. The highest BCUT2D eigenvalue weighted by Crippen LogP contribution is 2.16. The number of carbonyl (C=O) groups is 1. The van der Waals surface area contributed by atoms with Crippen LogP contribution in [0.4, 0.5) is 4.79 Å². The van der Waals surface area contributed by atoms with E-state index in [2.05, 4.69) is 56.6 Å². The Labute approximate surface area is 129 Å². The Hall–Kier alpha value is -0.0500. The first-order chi connectivity index (χ1) is 7.78. The maximum atomic E-state index is 11.4. The predicted molar refractivity (Wildman–Crippen MR) is 84.9 cm³/mol. The fourth-order valence-corrected chi connectivity index (χ4v) is 2.05. The molecular weight excluding hydrogens is 444 g/mol. The molecule has 0 saturated heterocycles. The molecule has 0 aliphatic heterocycles. The number of carbonyl (C=O) groups excluding carboxylic acids is 1. The summed E-state index contributed by atoms with van der Waals surface area (Å²) in [6.45, 7) is 6.03. The zero-order valence-corrected chi connectivity index (χ0v) is 14.3. The summed E-state index contributed by atoms with van der Waals surface area (Å²) in [5.74, 6) is 0. The molecule has 0 fully saturated rings. The van der Waals surface area contributed by atoms with E-state index in [4.69, 9.17) is 4.74 Å². The van der Waals surface area contributed by atoms with Crippen molar-refractivity contribution in [2.45, 2.75) is 32.9 Å². The van der Waals surface area contributed by atoms with Gasteiger partial charge < -0.3 is 10.1 Å². The Morgan fingerprint density at radius 1 is 1.29 bits per heavy atom. The second-order valence-corrected chi connectivity index (χ2v) is 6.93. The highest BCUT2D eigenvalue weighted by molar-refractivity contribution is 14.1. The Kier molecular flexibility index (Phi) is 5.49. The van der Waals surface area contributed by atoms with Crippen LogP contribution in [-0.4, -0.2) is 11.7 Å². The second kappa shape index (κ2) is 6.21. The van der Waals surface area contributed by atoms with E-state index >= 15 is 0 Å². The molecule has 5 heteroatoms. The summed E-state index contributed by atoms with van der Waals surface area (Å²) >= 11 is 4.56. The number of alkyl carbamates (subject to hydrolysis) is 1. The molecular formula is C12H15I2NO2. The van der Waals surface area contributed by atoms with E-state index in [9.17, 15) is 4.79 Å². The predicted octanol–water partition coefficient (Wildman–Crippen LogP) is 3.92. The van der Waals surface area contributed by atoms with Crippen LogP contribution in [0.2, 0.25) is 0 Å². The zero-order valence-electron chi connectivity index (χ0n) is 10.0. The van der Waals surface area contributed by atoms with Crippen LogP contribution in [0.1, 0.15) is 26.3 Å². The monoisotopic (exact) mass is 459 g/mol. The van der Waals surface area contributed by atoms with Gasteiger partial charge in [-0.15, -0.1) is 0 Å². The van der Waals surface area contributed by atoms with Crippen molar-refractivity contribution >= 4 is 51.3 Å². The quantitative estimate of drug-likeness (QED) is 0.682. The molecule has 0 heterocycles. The van der Waals surface area contributed by atoms with Crippen LogP contribution < -0.4 is 5.32 Å². The summed E-state index contributed by atoms with van der Waals surface area (Å²) in [5, 5.41) is 2.74. The molecule has 1 aromatic rings. The minimum absolute atomic E-state index is 0.383. The third-order valence-corrected chi connectivity index (χ3v) is 4.68. The molecule has 0 aliphatic rings. The number of ether oxygens (including phenoxy) is 1. The second-order valence-electron chi connectivity index (χ2n) is 4.60. The number of rotatable bonds is 2. The number of hydrogen-bond acceptors (Lipinski definition) is 2. The lowest BCUT2D eigenvalue weighted by Crippen LogP contribution is -2.32. The highest BCUT2D eigenvalue weighted by Gasteiger charge is 2.15. The molecule has 0 atom stereocenters. The Morgan fingerprint density at radius 2 is 1.94 bits per heavy atom. The first-order valence-electron chi connectivity index (χ1n) is 5.19. The number of hydrogen-bond donors (Lipinski definition) is 1. The molecule has 1 amide bonds. The number of nitrogens with one attached hydrogen (secondary N) is 1. The van der Waals surface area contributed by atoms with Crippen molar-refractivity contribution in [1.29, 1.82) is 0 Å². The van der Waals surface area contributed by atoms with Gasteiger partial charge in [0.2, 0.25) is 0 Å². The van der Waals surface area contributed by atoms with Crippen molar-refractivity contribution in [3.05, 3.63) is 30.9 Å². The standard InChI is InChI=1S/C12H15I2NO2/c1-12(2,3)17-11(16)15-7-8-4-5-9(13)10(14)6-8/h4-6H,7H2,1-3H3,(H,15,16). The lowest BCUT2D eigenvalue weighted by atomic mass is 10.2. The van der Waals surface area contributed by atoms with Crippen LogP contribution in [0.5, 0.6) is 0 Å². The minimum atomic E-state index is -0.454. The SMILES string of the molecule is CC(C)(C)OC(=O)NCc1ccc(I)c(I)c1. The molecule has 94 valence electrons. The molecule has 0 aliphatic carbocycles. The average Bonchev–Trinajstić information content (AvgIpc) is 2.17. The van der Waals surface area contributed by atoms with Gasteiger partial charge in [0.05, 0.1) is 0 Å². The van der Waals surface area contributed by atoms with Crippen LogP contribution >= 0.6 is 45.2 Å².